The summed E-state index contributed by atoms with van der Waals surface area (Å²) in [6.45, 7) is 5.40. The van der Waals surface area contributed by atoms with Crippen LogP contribution >= 0.6 is 11.6 Å². The molecule has 1 amide bonds. The molecule has 5 nitrogen and oxygen atoms in total. The molecule has 1 saturated heterocycles. The molecule has 2 heterocycles. The van der Waals surface area contributed by atoms with Crippen molar-refractivity contribution in [2.75, 3.05) is 39.4 Å². The number of amides is 1. The maximum Gasteiger partial charge on any atom is 0.225 e. The van der Waals surface area contributed by atoms with E-state index in [0.717, 1.165) is 56.9 Å². The van der Waals surface area contributed by atoms with E-state index in [1.807, 2.05) is 17.0 Å². The number of piperazine rings is 1. The maximum absolute atomic E-state index is 12.1. The molecule has 0 spiro atoms. The molecule has 0 bridgehead atoms. The summed E-state index contributed by atoms with van der Waals surface area (Å²) in [4.78, 5) is 16.5. The number of ether oxygens (including phenoxy) is 2. The van der Waals surface area contributed by atoms with Gasteiger partial charge in [0.25, 0.3) is 0 Å². The highest BCUT2D eigenvalue weighted by Gasteiger charge is 2.34. The topological polar surface area (TPSA) is 42.0 Å². The zero-order chi connectivity index (χ0) is 15.8. The molecule has 124 valence electrons. The van der Waals surface area contributed by atoms with E-state index in [9.17, 15) is 4.79 Å². The smallest absolute Gasteiger partial charge is 0.225 e. The highest BCUT2D eigenvalue weighted by Crippen LogP contribution is 2.38. The minimum Gasteiger partial charge on any atom is -0.486 e. The summed E-state index contributed by atoms with van der Waals surface area (Å²) in [5, 5.41) is 0.611. The molecule has 6 heteroatoms. The number of rotatable bonds is 3. The molecule has 0 aromatic heterocycles. The van der Waals surface area contributed by atoms with E-state index in [0.29, 0.717) is 35.8 Å². The van der Waals surface area contributed by atoms with E-state index in [1.165, 1.54) is 0 Å². The van der Waals surface area contributed by atoms with Crippen molar-refractivity contribution in [3.05, 3.63) is 22.7 Å². The Kier molecular flexibility index (Phi) is 4.07. The second-order valence-electron chi connectivity index (χ2n) is 6.48. The Bertz CT molecular complexity index is 610. The number of nitrogens with zero attached hydrogens (tertiary/aromatic N) is 2. The third-order valence-corrected chi connectivity index (χ3v) is 4.95. The van der Waals surface area contributed by atoms with Gasteiger partial charge in [-0.3, -0.25) is 9.69 Å². The van der Waals surface area contributed by atoms with E-state index in [4.69, 9.17) is 21.1 Å². The molecular formula is C17H21ClN2O3. The summed E-state index contributed by atoms with van der Waals surface area (Å²) in [6, 6.07) is 3.97. The lowest BCUT2D eigenvalue weighted by atomic mass is 10.1. The number of hydrogen-bond acceptors (Lipinski definition) is 4. The SMILES string of the molecule is O=C(C1CC1)N1CCN(Cc2cc(Cl)c3c(c2)OCCO3)CC1. The van der Waals surface area contributed by atoms with Crippen molar-refractivity contribution in [1.29, 1.82) is 0 Å². The highest BCUT2D eigenvalue weighted by atomic mass is 35.5. The summed E-state index contributed by atoms with van der Waals surface area (Å²) < 4.78 is 11.2. The molecule has 3 aliphatic rings. The second-order valence-corrected chi connectivity index (χ2v) is 6.88. The molecule has 0 N–H and O–H groups in total. The van der Waals surface area contributed by atoms with Crippen LogP contribution in [-0.4, -0.2) is 55.1 Å². The summed E-state index contributed by atoms with van der Waals surface area (Å²) in [5.41, 5.74) is 1.13. The van der Waals surface area contributed by atoms with Gasteiger partial charge in [0.1, 0.15) is 13.2 Å². The highest BCUT2D eigenvalue weighted by molar-refractivity contribution is 6.32. The van der Waals surface area contributed by atoms with E-state index >= 15 is 0 Å². The summed E-state index contributed by atoms with van der Waals surface area (Å²) in [7, 11) is 0. The molecule has 1 aliphatic carbocycles. The monoisotopic (exact) mass is 336 g/mol. The largest absolute Gasteiger partial charge is 0.486 e. The lowest BCUT2D eigenvalue weighted by Crippen LogP contribution is -2.48. The van der Waals surface area contributed by atoms with Gasteiger partial charge >= 0.3 is 0 Å². The minimum absolute atomic E-state index is 0.318. The second kappa shape index (κ2) is 6.21. The van der Waals surface area contributed by atoms with Crippen molar-refractivity contribution in [3.8, 4) is 11.5 Å². The predicted octanol–water partition coefficient (Wildman–Crippen LogP) is 2.17. The van der Waals surface area contributed by atoms with E-state index in [-0.39, 0.29) is 0 Å². The fourth-order valence-corrected chi connectivity index (χ4v) is 3.52. The molecule has 1 aromatic carbocycles. The van der Waals surface area contributed by atoms with Crippen LogP contribution in [0.15, 0.2) is 12.1 Å². The Morgan fingerprint density at radius 3 is 2.61 bits per heavy atom. The van der Waals surface area contributed by atoms with Crippen molar-refractivity contribution >= 4 is 17.5 Å². The zero-order valence-corrected chi connectivity index (χ0v) is 13.8. The van der Waals surface area contributed by atoms with Gasteiger partial charge < -0.3 is 14.4 Å². The van der Waals surface area contributed by atoms with Crippen LogP contribution in [0.25, 0.3) is 0 Å². The molecular weight excluding hydrogens is 316 g/mol. The number of carbonyl (C=O) groups excluding carboxylic acids is 1. The Hall–Kier alpha value is -1.46. The lowest BCUT2D eigenvalue weighted by Gasteiger charge is -2.35. The predicted molar refractivity (Wildman–Crippen MR) is 87.0 cm³/mol. The molecule has 4 rings (SSSR count). The molecule has 0 radical (unpaired) electrons. The van der Waals surface area contributed by atoms with Gasteiger partial charge in [0.05, 0.1) is 5.02 Å². The molecule has 0 unspecified atom stereocenters. The van der Waals surface area contributed by atoms with Gasteiger partial charge in [0.15, 0.2) is 11.5 Å². The molecule has 1 aromatic rings. The number of carbonyl (C=O) groups is 1. The third kappa shape index (κ3) is 3.26. The molecule has 1 saturated carbocycles. The van der Waals surface area contributed by atoms with Crippen LogP contribution < -0.4 is 9.47 Å². The van der Waals surface area contributed by atoms with Crippen molar-refractivity contribution in [2.45, 2.75) is 19.4 Å². The average Bonchev–Trinajstić information content (AvgIpc) is 3.40. The van der Waals surface area contributed by atoms with Gasteiger partial charge in [-0.1, -0.05) is 11.6 Å². The Morgan fingerprint density at radius 1 is 1.13 bits per heavy atom. The summed E-state index contributed by atoms with van der Waals surface area (Å²) >= 11 is 6.30. The van der Waals surface area contributed by atoms with Crippen LogP contribution in [0.1, 0.15) is 18.4 Å². The molecule has 2 aliphatic heterocycles. The van der Waals surface area contributed by atoms with Gasteiger partial charge in [-0.15, -0.1) is 0 Å². The fraction of sp³-hybridized carbons (Fsp3) is 0.588. The van der Waals surface area contributed by atoms with Crippen LogP contribution in [-0.2, 0) is 11.3 Å². The standard InChI is InChI=1S/C17H21ClN2O3/c18-14-9-12(10-15-16(14)23-8-7-22-15)11-19-3-5-20(6-4-19)17(21)13-1-2-13/h9-10,13H,1-8,11H2. The van der Waals surface area contributed by atoms with Crippen LogP contribution in [0.5, 0.6) is 11.5 Å². The molecule has 23 heavy (non-hydrogen) atoms. The Labute approximate surface area is 141 Å². The lowest BCUT2D eigenvalue weighted by molar-refractivity contribution is -0.134. The third-order valence-electron chi connectivity index (χ3n) is 4.67. The van der Waals surface area contributed by atoms with E-state index in [2.05, 4.69) is 4.90 Å². The normalized spacial score (nSPS) is 21.3. The Morgan fingerprint density at radius 2 is 1.87 bits per heavy atom. The van der Waals surface area contributed by atoms with Gasteiger partial charge in [-0.2, -0.15) is 0 Å². The van der Waals surface area contributed by atoms with Crippen molar-refractivity contribution in [1.82, 2.24) is 9.80 Å². The molecule has 2 fully saturated rings. The zero-order valence-electron chi connectivity index (χ0n) is 13.1. The van der Waals surface area contributed by atoms with Gasteiger partial charge in [0.2, 0.25) is 5.91 Å². The number of hydrogen-bond donors (Lipinski definition) is 0. The minimum atomic E-state index is 0.318. The first-order chi connectivity index (χ1) is 11.2. The average molecular weight is 337 g/mol. The van der Waals surface area contributed by atoms with Crippen LogP contribution in [0, 0.1) is 5.92 Å². The number of halogens is 1. The van der Waals surface area contributed by atoms with Gasteiger partial charge in [-0.25, -0.2) is 0 Å². The first-order valence-corrected chi connectivity index (χ1v) is 8.67. The van der Waals surface area contributed by atoms with Gasteiger partial charge in [-0.05, 0) is 30.5 Å². The first kappa shape index (κ1) is 15.1. The van der Waals surface area contributed by atoms with Crippen molar-refractivity contribution in [2.24, 2.45) is 5.92 Å². The summed E-state index contributed by atoms with van der Waals surface area (Å²) in [5.74, 6) is 2.06. The van der Waals surface area contributed by atoms with Crippen molar-refractivity contribution in [3.63, 3.8) is 0 Å². The quantitative estimate of drug-likeness (QED) is 0.848. The number of benzene rings is 1. The van der Waals surface area contributed by atoms with Crippen LogP contribution in [0.4, 0.5) is 0 Å². The maximum atomic E-state index is 12.1. The van der Waals surface area contributed by atoms with Crippen LogP contribution in [0.2, 0.25) is 5.02 Å². The first-order valence-electron chi connectivity index (χ1n) is 8.30. The Balaban J connectivity index is 1.37. The number of fused-ring (bicyclic) bond motifs is 1. The fourth-order valence-electron chi connectivity index (χ4n) is 3.23. The summed E-state index contributed by atoms with van der Waals surface area (Å²) in [6.07, 6.45) is 2.16. The van der Waals surface area contributed by atoms with Crippen molar-refractivity contribution < 1.29 is 14.3 Å². The molecule has 0 atom stereocenters. The van der Waals surface area contributed by atoms with E-state index in [1.54, 1.807) is 0 Å². The van der Waals surface area contributed by atoms with E-state index < -0.39 is 0 Å². The van der Waals surface area contributed by atoms with Gasteiger partial charge in [0, 0.05) is 38.6 Å². The van der Waals surface area contributed by atoms with Crippen LogP contribution in [0.3, 0.4) is 0 Å².